The van der Waals surface area contributed by atoms with Crippen molar-refractivity contribution in [3.05, 3.63) is 0 Å². The van der Waals surface area contributed by atoms with E-state index in [1.165, 1.54) is 0 Å². The largest absolute Gasteiger partial charge is 0.486 e. The molecule has 4 aliphatic heterocycles. The molecule has 4 rings (SSSR count). The molecular weight excluding hydrogens is 247 g/mol. The minimum atomic E-state index is -3.49. The Morgan fingerprint density at radius 3 is 2.53 bits per heavy atom. The van der Waals surface area contributed by atoms with E-state index in [1.807, 2.05) is 0 Å². The molecule has 1 N–H and O–H groups in total. The molecular formula is C10H17O6P. The highest BCUT2D eigenvalue weighted by molar-refractivity contribution is 7.50. The van der Waals surface area contributed by atoms with Crippen molar-refractivity contribution >= 4 is 7.82 Å². The van der Waals surface area contributed by atoms with E-state index in [9.17, 15) is 9.67 Å². The third-order valence-corrected chi connectivity index (χ3v) is 4.78. The third-order valence-electron chi connectivity index (χ3n) is 3.34. The van der Waals surface area contributed by atoms with E-state index in [4.69, 9.17) is 18.3 Å². The molecule has 98 valence electrons. The first kappa shape index (κ1) is 12.1. The van der Waals surface area contributed by atoms with Crippen LogP contribution in [-0.2, 0) is 22.9 Å². The molecule has 0 saturated carbocycles. The zero-order chi connectivity index (χ0) is 12.3. The summed E-state index contributed by atoms with van der Waals surface area (Å²) in [5.74, 6) is -2.57. The van der Waals surface area contributed by atoms with E-state index in [-0.39, 0.29) is 6.10 Å². The number of hydrogen-bond acceptors (Lipinski definition) is 6. The Morgan fingerprint density at radius 1 is 1.29 bits per heavy atom. The predicted molar refractivity (Wildman–Crippen MR) is 56.7 cm³/mol. The summed E-state index contributed by atoms with van der Waals surface area (Å²) < 4.78 is 31.2. The van der Waals surface area contributed by atoms with Crippen LogP contribution in [0.2, 0.25) is 0 Å². The maximum Gasteiger partial charge on any atom is 0.486 e. The molecule has 0 aromatic rings. The molecule has 17 heavy (non-hydrogen) atoms. The van der Waals surface area contributed by atoms with Crippen molar-refractivity contribution in [3.63, 3.8) is 0 Å². The Hall–Kier alpha value is 0.0300. The van der Waals surface area contributed by atoms with Gasteiger partial charge in [-0.3, -0.25) is 0 Å². The normalized spacial score (nSPS) is 50.9. The van der Waals surface area contributed by atoms with Gasteiger partial charge in [0.1, 0.15) is 6.10 Å². The monoisotopic (exact) mass is 264 g/mol. The van der Waals surface area contributed by atoms with E-state index in [0.717, 1.165) is 25.7 Å². The molecule has 0 amide bonds. The van der Waals surface area contributed by atoms with Crippen molar-refractivity contribution in [2.75, 3.05) is 0 Å². The summed E-state index contributed by atoms with van der Waals surface area (Å²) in [7, 11) is -3.49. The van der Waals surface area contributed by atoms with Crippen LogP contribution in [0.5, 0.6) is 0 Å². The minimum absolute atomic E-state index is 0.280. The maximum atomic E-state index is 11.4. The van der Waals surface area contributed by atoms with Crippen LogP contribution in [0.3, 0.4) is 0 Å². The second-order valence-corrected chi connectivity index (χ2v) is 6.70. The molecule has 2 unspecified atom stereocenters. The molecule has 4 saturated heterocycles. The van der Waals surface area contributed by atoms with Gasteiger partial charge in [-0.15, -0.1) is 0 Å². The molecule has 0 aromatic carbocycles. The number of epoxide rings is 1. The summed E-state index contributed by atoms with van der Waals surface area (Å²) in [6.07, 6.45) is 3.72. The molecule has 0 radical (unpaired) electrons. The van der Waals surface area contributed by atoms with E-state index in [1.54, 1.807) is 0 Å². The van der Waals surface area contributed by atoms with Crippen LogP contribution in [0.15, 0.2) is 0 Å². The summed E-state index contributed by atoms with van der Waals surface area (Å²) >= 11 is 0. The van der Waals surface area contributed by atoms with E-state index in [2.05, 4.69) is 13.8 Å². The van der Waals surface area contributed by atoms with E-state index in [0.29, 0.717) is 5.92 Å². The Kier molecular flexibility index (Phi) is 2.51. The molecule has 2 atom stereocenters. The van der Waals surface area contributed by atoms with Crippen LogP contribution in [0.1, 0.15) is 39.5 Å². The van der Waals surface area contributed by atoms with Crippen LogP contribution >= 0.6 is 7.82 Å². The smallest absolute Gasteiger partial charge is 0.338 e. The average Bonchev–Trinajstić information content (AvgIpc) is 2.73. The maximum absolute atomic E-state index is 11.4. The third kappa shape index (κ3) is 1.70. The number of unbranched alkanes of at least 4 members (excludes halogenated alkanes) is 1. The lowest BCUT2D eigenvalue weighted by Crippen LogP contribution is -2.47. The van der Waals surface area contributed by atoms with Crippen molar-refractivity contribution in [2.45, 2.75) is 57.4 Å². The quantitative estimate of drug-likeness (QED) is 0.465. The molecule has 1 spiro atoms. The Balaban J connectivity index is 1.49. The number of phosphoric acid groups is 1. The second kappa shape index (κ2) is 3.53. The van der Waals surface area contributed by atoms with Crippen LogP contribution in [0, 0.1) is 5.92 Å². The van der Waals surface area contributed by atoms with Gasteiger partial charge in [0.2, 0.25) is 0 Å². The standard InChI is InChI=1S/C10H17O6P/c1-7(2)5-3-4-6-8-9(13-8)10(11)15-17(12,14-9)16-10/h7-8,11H,3-6H2,1-2H3. The van der Waals surface area contributed by atoms with Gasteiger partial charge in [0.05, 0.1) is 0 Å². The van der Waals surface area contributed by atoms with Gasteiger partial charge in [0.25, 0.3) is 5.79 Å². The van der Waals surface area contributed by atoms with Crippen LogP contribution in [-0.4, -0.2) is 23.0 Å². The van der Waals surface area contributed by atoms with Crippen molar-refractivity contribution in [3.8, 4) is 0 Å². The lowest BCUT2D eigenvalue weighted by Gasteiger charge is -2.28. The molecule has 7 heteroatoms. The van der Waals surface area contributed by atoms with Gasteiger partial charge in [-0.1, -0.05) is 33.1 Å². The number of phosphoric ester groups is 1. The first-order valence-corrected chi connectivity index (χ1v) is 7.48. The molecule has 4 aliphatic rings. The molecule has 4 heterocycles. The van der Waals surface area contributed by atoms with Crippen LogP contribution < -0.4 is 0 Å². The summed E-state index contributed by atoms with van der Waals surface area (Å²) in [5, 5.41) is 9.76. The lowest BCUT2D eigenvalue weighted by molar-refractivity contribution is -0.345. The summed E-state index contributed by atoms with van der Waals surface area (Å²) in [6, 6.07) is 0. The zero-order valence-electron chi connectivity index (χ0n) is 9.92. The Bertz CT molecular complexity index is 373. The van der Waals surface area contributed by atoms with Crippen molar-refractivity contribution in [1.82, 2.24) is 0 Å². The van der Waals surface area contributed by atoms with Gasteiger partial charge in [-0.25, -0.2) is 18.1 Å². The van der Waals surface area contributed by atoms with Crippen LogP contribution in [0.4, 0.5) is 0 Å². The fraction of sp³-hybridized carbons (Fsp3) is 1.00. The van der Waals surface area contributed by atoms with Crippen molar-refractivity contribution < 1.29 is 28.0 Å². The predicted octanol–water partition coefficient (Wildman–Crippen LogP) is 2.13. The fourth-order valence-electron chi connectivity index (χ4n) is 2.37. The number of rotatable bonds is 5. The highest BCUT2D eigenvalue weighted by atomic mass is 31.2. The van der Waals surface area contributed by atoms with Crippen molar-refractivity contribution in [1.29, 1.82) is 0 Å². The minimum Gasteiger partial charge on any atom is -0.338 e. The van der Waals surface area contributed by atoms with Gasteiger partial charge in [-0.05, 0) is 12.3 Å². The highest BCUT2D eigenvalue weighted by Gasteiger charge is 2.90. The topological polar surface area (TPSA) is 77.5 Å². The Labute approximate surface area is 99.8 Å². The van der Waals surface area contributed by atoms with Crippen molar-refractivity contribution in [2.24, 2.45) is 5.92 Å². The summed E-state index contributed by atoms with van der Waals surface area (Å²) in [5.41, 5.74) is 0. The second-order valence-electron chi connectivity index (χ2n) is 5.26. The number of aliphatic hydroxyl groups is 1. The molecule has 0 aliphatic carbocycles. The Morgan fingerprint density at radius 2 is 2.00 bits per heavy atom. The zero-order valence-corrected chi connectivity index (χ0v) is 10.8. The first-order chi connectivity index (χ1) is 7.89. The van der Waals surface area contributed by atoms with E-state index < -0.39 is 19.6 Å². The lowest BCUT2D eigenvalue weighted by atomic mass is 10.0. The molecule has 0 aromatic heterocycles. The molecule has 4 fully saturated rings. The van der Waals surface area contributed by atoms with Gasteiger partial charge < -0.3 is 9.84 Å². The van der Waals surface area contributed by atoms with Gasteiger partial charge >= 0.3 is 13.8 Å². The molecule has 6 nitrogen and oxygen atoms in total. The van der Waals surface area contributed by atoms with E-state index >= 15 is 0 Å². The fourth-order valence-corrected chi connectivity index (χ4v) is 3.92. The number of hydrogen-bond donors (Lipinski definition) is 1. The highest BCUT2D eigenvalue weighted by Crippen LogP contribution is 2.81. The van der Waals surface area contributed by atoms with Gasteiger partial charge in [0, 0.05) is 0 Å². The van der Waals surface area contributed by atoms with Crippen LogP contribution in [0.25, 0.3) is 0 Å². The van der Waals surface area contributed by atoms with Gasteiger partial charge in [-0.2, -0.15) is 0 Å². The first-order valence-electron chi connectivity index (χ1n) is 6.02. The summed E-state index contributed by atoms with van der Waals surface area (Å²) in [4.78, 5) is 0. The average molecular weight is 264 g/mol. The summed E-state index contributed by atoms with van der Waals surface area (Å²) in [6.45, 7) is 4.36. The van der Waals surface area contributed by atoms with Gasteiger partial charge in [0.15, 0.2) is 0 Å². The number of ether oxygens (including phenoxy) is 1. The molecule has 2 bridgehead atoms. The SMILES string of the molecule is CC(C)CCCCC1OC12OP1(=O)OC2(O)O1.